The Hall–Kier alpha value is -1.46. The van der Waals surface area contributed by atoms with Gasteiger partial charge in [-0.3, -0.25) is 0 Å². The van der Waals surface area contributed by atoms with Gasteiger partial charge in [-0.05, 0) is 58.6 Å². The van der Waals surface area contributed by atoms with E-state index in [2.05, 4.69) is 26.2 Å². The van der Waals surface area contributed by atoms with Crippen molar-refractivity contribution in [3.8, 4) is 0 Å². The number of aromatic nitrogens is 1. The lowest BCUT2D eigenvalue weighted by atomic mass is 9.74. The third-order valence-electron chi connectivity index (χ3n) is 4.24. The lowest BCUT2D eigenvalue weighted by molar-refractivity contribution is 0.0543. The van der Waals surface area contributed by atoms with E-state index in [0.29, 0.717) is 0 Å². The first kappa shape index (κ1) is 15.4. The van der Waals surface area contributed by atoms with Crippen LogP contribution in [-0.2, 0) is 10.2 Å². The van der Waals surface area contributed by atoms with Crippen LogP contribution in [0.1, 0.15) is 18.4 Å². The summed E-state index contributed by atoms with van der Waals surface area (Å²) in [6, 6.07) is 10.7. The molecule has 0 radical (unpaired) electrons. The van der Waals surface area contributed by atoms with E-state index in [1.807, 2.05) is 24.3 Å². The second-order valence-corrected chi connectivity index (χ2v) is 6.53. The van der Waals surface area contributed by atoms with Gasteiger partial charge in [-0.25, -0.2) is 9.37 Å². The van der Waals surface area contributed by atoms with E-state index in [9.17, 15) is 4.39 Å². The second-order valence-electron chi connectivity index (χ2n) is 5.61. The van der Waals surface area contributed by atoms with Gasteiger partial charge in [0, 0.05) is 35.8 Å². The number of benzene rings is 1. The SMILES string of the molecule is Fc1ccc(C2(CNc3ccc(Br)cn3)CCOCC2)cc1. The summed E-state index contributed by atoms with van der Waals surface area (Å²) in [5.74, 6) is 0.643. The quantitative estimate of drug-likeness (QED) is 0.884. The maximum atomic E-state index is 13.2. The lowest BCUT2D eigenvalue weighted by Crippen LogP contribution is -2.40. The Balaban J connectivity index is 1.80. The molecular formula is C17H18BrFN2O. The maximum absolute atomic E-state index is 13.2. The Morgan fingerprint density at radius 1 is 1.14 bits per heavy atom. The van der Waals surface area contributed by atoms with Gasteiger partial charge in [0.05, 0.1) is 0 Å². The molecule has 1 aliphatic rings. The average molecular weight is 365 g/mol. The molecule has 0 atom stereocenters. The molecule has 116 valence electrons. The monoisotopic (exact) mass is 364 g/mol. The third kappa shape index (κ3) is 3.47. The predicted molar refractivity (Wildman–Crippen MR) is 88.6 cm³/mol. The molecular weight excluding hydrogens is 347 g/mol. The maximum Gasteiger partial charge on any atom is 0.125 e. The van der Waals surface area contributed by atoms with Crippen molar-refractivity contribution in [3.05, 3.63) is 58.4 Å². The largest absolute Gasteiger partial charge is 0.381 e. The van der Waals surface area contributed by atoms with Crippen LogP contribution in [0.15, 0.2) is 47.1 Å². The van der Waals surface area contributed by atoms with Crippen molar-refractivity contribution in [2.75, 3.05) is 25.1 Å². The third-order valence-corrected chi connectivity index (χ3v) is 4.71. The zero-order chi connectivity index (χ0) is 15.4. The average Bonchev–Trinajstić information content (AvgIpc) is 2.56. The highest BCUT2D eigenvalue weighted by Crippen LogP contribution is 2.35. The van der Waals surface area contributed by atoms with Crippen molar-refractivity contribution >= 4 is 21.7 Å². The Bertz CT molecular complexity index is 610. The number of anilines is 1. The molecule has 1 aromatic carbocycles. The zero-order valence-electron chi connectivity index (χ0n) is 12.2. The summed E-state index contributed by atoms with van der Waals surface area (Å²) in [4.78, 5) is 4.35. The topological polar surface area (TPSA) is 34.2 Å². The summed E-state index contributed by atoms with van der Waals surface area (Å²) in [7, 11) is 0. The zero-order valence-corrected chi connectivity index (χ0v) is 13.8. The minimum Gasteiger partial charge on any atom is -0.381 e. The lowest BCUT2D eigenvalue weighted by Gasteiger charge is -2.38. The van der Waals surface area contributed by atoms with Crippen molar-refractivity contribution in [1.29, 1.82) is 0 Å². The van der Waals surface area contributed by atoms with Crippen LogP contribution in [0.25, 0.3) is 0 Å². The van der Waals surface area contributed by atoms with Crippen LogP contribution in [-0.4, -0.2) is 24.7 Å². The summed E-state index contributed by atoms with van der Waals surface area (Å²) in [5.41, 5.74) is 1.11. The number of hydrogen-bond donors (Lipinski definition) is 1. The van der Waals surface area contributed by atoms with E-state index < -0.39 is 0 Å². The number of nitrogens with zero attached hydrogens (tertiary/aromatic N) is 1. The van der Waals surface area contributed by atoms with Gasteiger partial charge in [-0.1, -0.05) is 12.1 Å². The Morgan fingerprint density at radius 3 is 2.50 bits per heavy atom. The first-order chi connectivity index (χ1) is 10.7. The van der Waals surface area contributed by atoms with E-state index in [1.165, 1.54) is 12.1 Å². The minimum atomic E-state index is -0.200. The van der Waals surface area contributed by atoms with Gasteiger partial charge in [-0.15, -0.1) is 0 Å². The highest BCUT2D eigenvalue weighted by Gasteiger charge is 2.34. The molecule has 1 aromatic heterocycles. The van der Waals surface area contributed by atoms with Crippen LogP contribution in [0, 0.1) is 5.82 Å². The second kappa shape index (κ2) is 6.75. The molecule has 1 aliphatic heterocycles. The first-order valence-corrected chi connectivity index (χ1v) is 8.17. The highest BCUT2D eigenvalue weighted by atomic mass is 79.9. The van der Waals surface area contributed by atoms with Crippen LogP contribution >= 0.6 is 15.9 Å². The predicted octanol–water partition coefficient (Wildman–Crippen LogP) is 4.14. The number of pyridine rings is 1. The minimum absolute atomic E-state index is 0.0410. The highest BCUT2D eigenvalue weighted by molar-refractivity contribution is 9.10. The van der Waals surface area contributed by atoms with Crippen molar-refractivity contribution in [3.63, 3.8) is 0 Å². The van der Waals surface area contributed by atoms with Crippen molar-refractivity contribution in [1.82, 2.24) is 4.98 Å². The number of ether oxygens (including phenoxy) is 1. The fourth-order valence-corrected chi connectivity index (χ4v) is 3.11. The molecule has 3 rings (SSSR count). The van der Waals surface area contributed by atoms with Gasteiger partial charge in [0.2, 0.25) is 0 Å². The molecule has 1 saturated heterocycles. The number of rotatable bonds is 4. The Kier molecular flexibility index (Phi) is 4.74. The molecule has 0 bridgehead atoms. The molecule has 22 heavy (non-hydrogen) atoms. The molecule has 1 N–H and O–H groups in total. The molecule has 0 amide bonds. The van der Waals surface area contributed by atoms with Crippen LogP contribution in [0.2, 0.25) is 0 Å². The molecule has 3 nitrogen and oxygen atoms in total. The molecule has 2 heterocycles. The van der Waals surface area contributed by atoms with Crippen LogP contribution < -0.4 is 5.32 Å². The van der Waals surface area contributed by atoms with Gasteiger partial charge in [0.25, 0.3) is 0 Å². The summed E-state index contributed by atoms with van der Waals surface area (Å²) in [6.45, 7) is 2.22. The normalized spacial score (nSPS) is 17.2. The Labute approximate surface area is 138 Å². The van der Waals surface area contributed by atoms with Crippen LogP contribution in [0.4, 0.5) is 10.2 Å². The Morgan fingerprint density at radius 2 is 1.86 bits per heavy atom. The van der Waals surface area contributed by atoms with Crippen molar-refractivity contribution in [2.24, 2.45) is 0 Å². The van der Waals surface area contributed by atoms with Gasteiger partial charge >= 0.3 is 0 Å². The standard InChI is InChI=1S/C17H18BrFN2O/c18-14-3-6-16(20-11-14)21-12-17(7-9-22-10-8-17)13-1-4-15(19)5-2-13/h1-6,11H,7-10,12H2,(H,20,21). The molecule has 0 aliphatic carbocycles. The van der Waals surface area contributed by atoms with E-state index in [1.54, 1.807) is 6.20 Å². The van der Waals surface area contributed by atoms with E-state index >= 15 is 0 Å². The van der Waals surface area contributed by atoms with Crippen molar-refractivity contribution in [2.45, 2.75) is 18.3 Å². The fourth-order valence-electron chi connectivity index (χ4n) is 2.87. The fraction of sp³-hybridized carbons (Fsp3) is 0.353. The summed E-state index contributed by atoms with van der Waals surface area (Å²) < 4.78 is 19.7. The molecule has 0 saturated carbocycles. The molecule has 2 aromatic rings. The molecule has 0 unspecified atom stereocenters. The molecule has 5 heteroatoms. The van der Waals surface area contributed by atoms with E-state index in [4.69, 9.17) is 4.74 Å². The van der Waals surface area contributed by atoms with Gasteiger partial charge < -0.3 is 10.1 Å². The first-order valence-electron chi connectivity index (χ1n) is 7.37. The summed E-state index contributed by atoms with van der Waals surface area (Å²) >= 11 is 3.38. The molecule has 1 fully saturated rings. The van der Waals surface area contributed by atoms with Crippen LogP contribution in [0.3, 0.4) is 0 Å². The van der Waals surface area contributed by atoms with Gasteiger partial charge in [0.1, 0.15) is 11.6 Å². The number of nitrogens with one attached hydrogen (secondary N) is 1. The van der Waals surface area contributed by atoms with Crippen LogP contribution in [0.5, 0.6) is 0 Å². The number of halogens is 2. The van der Waals surface area contributed by atoms with Gasteiger partial charge in [0.15, 0.2) is 0 Å². The smallest absolute Gasteiger partial charge is 0.125 e. The van der Waals surface area contributed by atoms with E-state index in [-0.39, 0.29) is 11.2 Å². The summed E-state index contributed by atoms with van der Waals surface area (Å²) in [6.07, 6.45) is 3.61. The van der Waals surface area contributed by atoms with E-state index in [0.717, 1.165) is 48.5 Å². The summed E-state index contributed by atoms with van der Waals surface area (Å²) in [5, 5.41) is 3.41. The number of hydrogen-bond acceptors (Lipinski definition) is 3. The van der Waals surface area contributed by atoms with Crippen molar-refractivity contribution < 1.29 is 9.13 Å². The van der Waals surface area contributed by atoms with Gasteiger partial charge in [-0.2, -0.15) is 0 Å². The molecule has 0 spiro atoms.